The number of nitrogens with zero attached hydrogens (tertiary/aromatic N) is 4. The summed E-state index contributed by atoms with van der Waals surface area (Å²) in [5.74, 6) is 4.50. The fourth-order valence-electron chi connectivity index (χ4n) is 20.3. The minimum Gasteiger partial charge on any atom is -0.487 e. The molecule has 0 amide bonds. The number of rotatable bonds is 4. The van der Waals surface area contributed by atoms with Crippen molar-refractivity contribution in [3.8, 4) is 67.5 Å². The van der Waals surface area contributed by atoms with Crippen LogP contribution in [0.1, 0.15) is 180 Å². The fourth-order valence-corrected chi connectivity index (χ4v) is 20.3. The minimum atomic E-state index is 0. The number of aryl methyl sites for hydroxylation is 4. The van der Waals surface area contributed by atoms with Gasteiger partial charge < -0.3 is 38.5 Å². The smallest absolute Gasteiger partial charge is 0.123 e. The average Bonchev–Trinajstić information content (AvgIpc) is 1.65. The first-order chi connectivity index (χ1) is 48.8. The van der Waals surface area contributed by atoms with E-state index in [1.165, 1.54) is 270 Å². The number of hydrogen-bond donors (Lipinski definition) is 0. The SMILES string of the molecule is C.Cc1ccc(-c2ccc3c(c2)C[C@@]2(CCN4CCCC[C@@H]4C2)O3)cc1.Cc1ccc(-c2ccc3c(c2)C[C@@]2(CCN4CCCC[C@H]4C2)O3)cc1.Cc1ccc(-c2ccc3c(c2)C[C@]2(CCN4CCCC[C@@H]4C2)O3)cc1.Cc1ccc(-c2ccc3c(c2)C[C@]2(CCN4CCCC[C@H]4C2)O3)cc1. The van der Waals surface area contributed by atoms with E-state index >= 15 is 0 Å². The van der Waals surface area contributed by atoms with Gasteiger partial charge in [-0.25, -0.2) is 0 Å². The number of hydrogen-bond acceptors (Lipinski definition) is 8. The van der Waals surface area contributed by atoms with Crippen molar-refractivity contribution in [2.75, 3.05) is 52.4 Å². The van der Waals surface area contributed by atoms with E-state index in [1.807, 2.05) is 0 Å². The van der Waals surface area contributed by atoms with Crippen molar-refractivity contribution in [1.82, 2.24) is 19.6 Å². The van der Waals surface area contributed by atoms with Gasteiger partial charge in [-0.05, 0) is 221 Å². The average molecular weight is 1350 g/mol. The molecule has 528 valence electrons. The number of benzene rings is 8. The largest absolute Gasteiger partial charge is 0.487 e. The van der Waals surface area contributed by atoms with Crippen LogP contribution in [0.2, 0.25) is 0 Å². The minimum absolute atomic E-state index is 0. The molecule has 8 fully saturated rings. The molecule has 0 N–H and O–H groups in total. The van der Waals surface area contributed by atoms with Gasteiger partial charge in [0.2, 0.25) is 0 Å². The molecule has 8 aromatic rings. The Morgan fingerprint density at radius 2 is 0.465 bits per heavy atom. The van der Waals surface area contributed by atoms with Crippen molar-refractivity contribution < 1.29 is 18.9 Å². The van der Waals surface area contributed by atoms with Crippen LogP contribution in [0, 0.1) is 27.7 Å². The molecule has 8 nitrogen and oxygen atoms in total. The van der Waals surface area contributed by atoms with E-state index in [-0.39, 0.29) is 29.8 Å². The van der Waals surface area contributed by atoms with Crippen molar-refractivity contribution in [2.45, 2.75) is 236 Å². The van der Waals surface area contributed by atoms with E-state index in [1.54, 1.807) is 0 Å². The summed E-state index contributed by atoms with van der Waals surface area (Å²) >= 11 is 0. The highest BCUT2D eigenvalue weighted by atomic mass is 16.5. The molecule has 8 heteroatoms. The van der Waals surface area contributed by atoms with Gasteiger partial charge in [0.1, 0.15) is 45.4 Å². The van der Waals surface area contributed by atoms with Crippen LogP contribution in [0.3, 0.4) is 0 Å². The maximum Gasteiger partial charge on any atom is 0.123 e. The summed E-state index contributed by atoms with van der Waals surface area (Å²) in [6.07, 6.45) is 30.4. The summed E-state index contributed by atoms with van der Waals surface area (Å²) in [7, 11) is 0. The molecule has 4 spiro atoms. The quantitative estimate of drug-likeness (QED) is 0.173. The molecule has 101 heavy (non-hydrogen) atoms. The Morgan fingerprint density at radius 1 is 0.257 bits per heavy atom. The number of piperidine rings is 8. The highest BCUT2D eigenvalue weighted by Gasteiger charge is 2.50. The third-order valence-corrected chi connectivity index (χ3v) is 26.0. The maximum absolute atomic E-state index is 6.57. The number of fused-ring (bicyclic) bond motifs is 8. The van der Waals surface area contributed by atoms with Gasteiger partial charge in [-0.1, -0.05) is 177 Å². The predicted molar refractivity (Wildman–Crippen MR) is 415 cm³/mol. The van der Waals surface area contributed by atoms with Crippen molar-refractivity contribution in [3.63, 3.8) is 0 Å². The Morgan fingerprint density at radius 3 is 0.683 bits per heavy atom. The first kappa shape index (κ1) is 68.2. The molecule has 0 saturated carbocycles. The lowest BCUT2D eigenvalue weighted by Crippen LogP contribution is -2.54. The standard InChI is InChI=1S/4C23H27NO.CH4/c4*1-17-5-7-18(8-6-17)19-9-10-22-20(14-19)15-23(25-22)11-13-24-12-3-2-4-21(24)16-23;/h4*5-10,14,21H,2-4,11-13,15-16H2,1H3;1H4/t2*21-,23+;2*21-,23-;/m1010./s1. The van der Waals surface area contributed by atoms with Crippen LogP contribution < -0.4 is 18.9 Å². The maximum atomic E-state index is 6.57. The zero-order chi connectivity index (χ0) is 67.4. The Balaban J connectivity index is 0.000000104. The predicted octanol–water partition coefficient (Wildman–Crippen LogP) is 20.6. The van der Waals surface area contributed by atoms with Gasteiger partial charge in [-0.3, -0.25) is 0 Å². The lowest BCUT2D eigenvalue weighted by molar-refractivity contribution is -0.0252. The lowest BCUT2D eigenvalue weighted by Gasteiger charge is -2.46. The second-order valence-electron chi connectivity index (χ2n) is 33.2. The van der Waals surface area contributed by atoms with Gasteiger partial charge in [0.05, 0.1) is 0 Å². The summed E-state index contributed by atoms with van der Waals surface area (Å²) in [4.78, 5) is 10.8. The van der Waals surface area contributed by atoms with E-state index in [2.05, 4.69) is 217 Å². The van der Waals surface area contributed by atoms with Gasteiger partial charge in [-0.15, -0.1) is 0 Å². The van der Waals surface area contributed by atoms with Crippen LogP contribution in [-0.2, 0) is 25.7 Å². The molecule has 12 heterocycles. The zero-order valence-corrected chi connectivity index (χ0v) is 60.5. The fraction of sp³-hybridized carbons (Fsp3) is 0.484. The molecule has 0 radical (unpaired) electrons. The molecule has 0 aromatic heterocycles. The topological polar surface area (TPSA) is 49.9 Å². The summed E-state index contributed by atoms with van der Waals surface area (Å²) in [6, 6.07) is 65.5. The summed E-state index contributed by atoms with van der Waals surface area (Å²) in [5, 5.41) is 0. The summed E-state index contributed by atoms with van der Waals surface area (Å²) in [5.41, 5.74) is 21.6. The molecule has 8 atom stereocenters. The Bertz CT molecular complexity index is 3660. The molecule has 0 unspecified atom stereocenters. The third-order valence-electron chi connectivity index (χ3n) is 26.0. The monoisotopic (exact) mass is 1350 g/mol. The molecule has 12 aliphatic rings. The second-order valence-corrected chi connectivity index (χ2v) is 33.2. The Kier molecular flexibility index (Phi) is 19.5. The van der Waals surface area contributed by atoms with Gasteiger partial charge >= 0.3 is 0 Å². The molecule has 20 rings (SSSR count). The molecule has 8 saturated heterocycles. The first-order valence-electron chi connectivity index (χ1n) is 39.4. The van der Waals surface area contributed by atoms with Crippen LogP contribution in [0.15, 0.2) is 170 Å². The lowest BCUT2D eigenvalue weighted by atomic mass is 9.80. The van der Waals surface area contributed by atoms with Crippen molar-refractivity contribution in [1.29, 1.82) is 0 Å². The van der Waals surface area contributed by atoms with Gasteiger partial charge in [0.25, 0.3) is 0 Å². The van der Waals surface area contributed by atoms with Gasteiger partial charge in [-0.2, -0.15) is 0 Å². The molecule has 0 aliphatic carbocycles. The van der Waals surface area contributed by atoms with E-state index in [0.717, 1.165) is 72.8 Å². The molecular weight excluding hydrogens is 1240 g/mol. The third kappa shape index (κ3) is 14.6. The number of ether oxygens (including phenoxy) is 4. The van der Waals surface area contributed by atoms with Gasteiger partial charge in [0.15, 0.2) is 0 Å². The van der Waals surface area contributed by atoms with Crippen molar-refractivity contribution >= 4 is 0 Å². The van der Waals surface area contributed by atoms with E-state index in [0.29, 0.717) is 0 Å². The zero-order valence-electron chi connectivity index (χ0n) is 60.5. The molecule has 8 aromatic carbocycles. The molecule has 0 bridgehead atoms. The van der Waals surface area contributed by atoms with E-state index in [4.69, 9.17) is 18.9 Å². The highest BCUT2D eigenvalue weighted by Crippen LogP contribution is 2.50. The van der Waals surface area contributed by atoms with Crippen LogP contribution in [0.25, 0.3) is 44.5 Å². The van der Waals surface area contributed by atoms with E-state index < -0.39 is 0 Å². The Hall–Kier alpha value is -7.20. The van der Waals surface area contributed by atoms with Crippen LogP contribution in [0.4, 0.5) is 0 Å². The molecular formula is C93H112N4O4. The normalized spacial score (nSPS) is 28.2. The first-order valence-corrected chi connectivity index (χ1v) is 39.4. The molecule has 12 aliphatic heterocycles. The van der Waals surface area contributed by atoms with Crippen LogP contribution in [-0.4, -0.2) is 119 Å². The van der Waals surface area contributed by atoms with E-state index in [9.17, 15) is 0 Å². The van der Waals surface area contributed by atoms with Crippen molar-refractivity contribution in [3.05, 3.63) is 214 Å². The van der Waals surface area contributed by atoms with Gasteiger partial charge in [0, 0.05) is 127 Å². The second kappa shape index (κ2) is 28.8. The Labute approximate surface area is 605 Å². The summed E-state index contributed by atoms with van der Waals surface area (Å²) < 4.78 is 26.3. The van der Waals surface area contributed by atoms with Crippen LogP contribution in [0.5, 0.6) is 23.0 Å². The highest BCUT2D eigenvalue weighted by molar-refractivity contribution is 5.70. The van der Waals surface area contributed by atoms with Crippen LogP contribution >= 0.6 is 0 Å². The van der Waals surface area contributed by atoms with Crippen molar-refractivity contribution in [2.24, 2.45) is 0 Å². The summed E-state index contributed by atoms with van der Waals surface area (Å²) in [6.45, 7) is 18.6.